The molecule has 0 saturated carbocycles. The quantitative estimate of drug-likeness (QED) is 0.143. The lowest BCUT2D eigenvalue weighted by Gasteiger charge is -2.62. The molecule has 6 aliphatic heterocycles. The van der Waals surface area contributed by atoms with E-state index in [1.807, 2.05) is 261 Å². The summed E-state index contributed by atoms with van der Waals surface area (Å²) in [4.78, 5) is 0. The maximum atomic E-state index is 8.27. The molecule has 394 valence electrons. The highest BCUT2D eigenvalue weighted by atomic mass is 28.6. The molecule has 0 amide bonds. The van der Waals surface area contributed by atoms with Gasteiger partial charge in [-0.3, -0.25) is 0 Å². The van der Waals surface area contributed by atoms with Gasteiger partial charge in [-0.05, 0) is 41.2 Å². The first-order valence-corrected chi connectivity index (χ1v) is 41.8. The van der Waals surface area contributed by atoms with Crippen molar-refractivity contribution in [3.8, 4) is 0 Å². The summed E-state index contributed by atoms with van der Waals surface area (Å²) in [5, 5.41) is 5.08. The molecule has 9 aromatic rings. The van der Waals surface area contributed by atoms with Gasteiger partial charge in [-0.25, -0.2) is 0 Å². The lowest BCUT2D eigenvalue weighted by molar-refractivity contribution is -0.0258. The molecule has 0 aliphatic carbocycles. The predicted molar refractivity (Wildman–Crippen MR) is 315 cm³/mol. The second kappa shape index (κ2) is 19.3. The van der Waals surface area contributed by atoms with Crippen molar-refractivity contribution in [1.29, 1.82) is 0 Å². The van der Waals surface area contributed by atoms with Gasteiger partial charge in [0.2, 0.25) is 8.32 Å². The van der Waals surface area contributed by atoms with Crippen molar-refractivity contribution in [2.75, 3.05) is 11.5 Å². The summed E-state index contributed by atoms with van der Waals surface area (Å²) in [6, 6.07) is 81.7. The van der Waals surface area contributed by atoms with E-state index in [1.54, 1.807) is 0 Å². The second-order valence-corrected chi connectivity index (χ2v) is 46.2. The van der Waals surface area contributed by atoms with E-state index >= 15 is 0 Å². The van der Waals surface area contributed by atoms with E-state index in [0.717, 1.165) is 10.4 Å². The first kappa shape index (κ1) is 51.2. The number of hydrogen-bond acceptors (Lipinski definition) is 15. The Hall–Kier alpha value is -5.99. The summed E-state index contributed by atoms with van der Waals surface area (Å²) in [7, 11) is -43.8. The topological polar surface area (TPSA) is 172 Å². The van der Waals surface area contributed by atoms with Crippen LogP contribution in [0.3, 0.4) is 0 Å². The van der Waals surface area contributed by atoms with Gasteiger partial charge in [-0.15, -0.1) is 0 Å². The molecule has 6 saturated heterocycles. The minimum absolute atomic E-state index is 0.479. The van der Waals surface area contributed by atoms with Crippen molar-refractivity contribution in [3.63, 3.8) is 0 Å². The van der Waals surface area contributed by atoms with Gasteiger partial charge in [0.15, 0.2) is 0 Å². The molecule has 0 unspecified atom stereocenters. The van der Waals surface area contributed by atoms with E-state index in [2.05, 4.69) is 6.55 Å². The smallest absolute Gasteiger partial charge is 0.399 e. The molecule has 0 atom stereocenters. The average Bonchev–Trinajstić information content (AvgIpc) is 2.38. The van der Waals surface area contributed by atoms with Gasteiger partial charge in [0.1, 0.15) is 0 Å². The third-order valence-corrected chi connectivity index (χ3v) is 52.7. The Balaban J connectivity index is 1.18. The summed E-state index contributed by atoms with van der Waals surface area (Å²) in [5.41, 5.74) is 14.0. The van der Waals surface area contributed by atoms with Gasteiger partial charge in [0, 0.05) is 47.7 Å². The molecule has 15 rings (SSSR count). The largest absolute Gasteiger partial charge is 0.647 e. The SMILES string of the molecule is C[Si](O[Si]12O[Si]3(c4ccccc4)O[Si]4(c5ccccc5)O[Si](c5ccccc5)(O1)O[Si]1(c5ccccc5)O[Si](c5ccccc5)(O2)O[Si](c2ccccc2)(O3)O[Si](c2ccccc2)(O4)O1)(c1ccc(N)cc1)c1ccc(N)cc1. The van der Waals surface area contributed by atoms with Crippen LogP contribution >= 0.6 is 0 Å². The molecule has 6 aliphatic rings. The number of rotatable bonds is 11. The Labute approximate surface area is 466 Å². The Morgan fingerprint density at radius 3 is 0.620 bits per heavy atom. The number of nitrogens with two attached hydrogens (primary N) is 2. The highest BCUT2D eigenvalue weighted by Gasteiger charge is 2.87. The zero-order valence-electron chi connectivity index (χ0n) is 42.3. The molecule has 6 fully saturated rings. The fourth-order valence-corrected chi connectivity index (χ4v) is 60.8. The van der Waals surface area contributed by atoms with E-state index in [9.17, 15) is 0 Å². The van der Waals surface area contributed by atoms with Gasteiger partial charge in [0.25, 0.3) is 0 Å². The Morgan fingerprint density at radius 2 is 0.430 bits per heavy atom. The standard InChI is InChI=1S/C55H50N2O13Si9/c1-71(47-41-37-45(56)38-42-47,48-43-39-46(57)40-44-48)58-79-68-76(53-31-17-6-18-32-53)62-73(50-25-11-3-12-26-50)59-72(49-23-9-2-10-24-49)60-74(64-76,51-27-13-4-14-28-51)66-78(70-79,55-35-21-8-22-36-55)67-75(61-72,52-29-15-5-16-30-52)65-77(63-73,69-79)54-33-19-7-20-34-54/h2-44H,56-57H2,1H3. The summed E-state index contributed by atoms with van der Waals surface area (Å²) in [6.45, 7) is 2.05. The van der Waals surface area contributed by atoms with Crippen molar-refractivity contribution < 1.29 is 53.5 Å². The van der Waals surface area contributed by atoms with E-state index in [-0.39, 0.29) is 0 Å². The van der Waals surface area contributed by atoms with Crippen LogP contribution in [0.25, 0.3) is 0 Å². The minimum atomic E-state index is -5.39. The van der Waals surface area contributed by atoms with Crippen LogP contribution < -0.4 is 58.1 Å². The van der Waals surface area contributed by atoms with Crippen molar-refractivity contribution in [1.82, 2.24) is 0 Å². The fourth-order valence-electron chi connectivity index (χ4n) is 10.5. The third-order valence-electron chi connectivity index (χ3n) is 14.3. The summed E-state index contributed by atoms with van der Waals surface area (Å²) in [5.74, 6) is 0. The van der Waals surface area contributed by atoms with Crippen molar-refractivity contribution in [2.45, 2.75) is 6.55 Å². The van der Waals surface area contributed by atoms with Crippen LogP contribution in [0.4, 0.5) is 11.4 Å². The maximum Gasteiger partial charge on any atom is 0.647 e. The molecule has 24 heteroatoms. The molecule has 79 heavy (non-hydrogen) atoms. The highest BCUT2D eigenvalue weighted by molar-refractivity contribution is 7.14. The maximum absolute atomic E-state index is 8.27. The zero-order valence-corrected chi connectivity index (χ0v) is 51.3. The third kappa shape index (κ3) is 8.65. The van der Waals surface area contributed by atoms with Crippen LogP contribution in [-0.2, 0) is 53.5 Å². The molecule has 0 radical (unpaired) electrons. The first-order valence-electron chi connectivity index (χ1n) is 25.7. The van der Waals surface area contributed by atoms with Crippen LogP contribution in [0.2, 0.25) is 6.55 Å². The van der Waals surface area contributed by atoms with Crippen molar-refractivity contribution >= 4 is 137 Å². The summed E-state index contributed by atoms with van der Waals surface area (Å²) in [6.07, 6.45) is 0. The van der Waals surface area contributed by atoms with Gasteiger partial charge < -0.3 is 65.0 Å². The van der Waals surface area contributed by atoms with Crippen LogP contribution in [-0.4, -0.2) is 79.0 Å². The van der Waals surface area contributed by atoms with E-state index in [4.69, 9.17) is 65.0 Å². The molecule has 4 N–H and O–H groups in total. The molecule has 15 nitrogen and oxygen atoms in total. The predicted octanol–water partition coefficient (Wildman–Crippen LogP) is 3.18. The van der Waals surface area contributed by atoms with Gasteiger partial charge in [-0.2, -0.15) is 0 Å². The molecule has 0 aromatic heterocycles. The molecule has 0 spiro atoms. The van der Waals surface area contributed by atoms with Crippen LogP contribution in [0.5, 0.6) is 0 Å². The van der Waals surface area contributed by atoms with E-state index in [0.29, 0.717) is 47.7 Å². The molecule has 9 aromatic carbocycles. The number of anilines is 2. The normalized spacial score (nSPS) is 30.8. The van der Waals surface area contributed by atoms with E-state index < -0.39 is 79.0 Å². The van der Waals surface area contributed by atoms with Crippen molar-refractivity contribution in [2.24, 2.45) is 0 Å². The monoisotopic (exact) mass is 1200 g/mol. The lowest BCUT2D eigenvalue weighted by Crippen LogP contribution is -2.96. The highest BCUT2D eigenvalue weighted by Crippen LogP contribution is 2.49. The lowest BCUT2D eigenvalue weighted by atomic mass is 10.3. The molecule has 6 heterocycles. The number of benzene rings is 9. The van der Waals surface area contributed by atoms with Crippen LogP contribution in [0, 0.1) is 0 Å². The minimum Gasteiger partial charge on any atom is -0.399 e. The van der Waals surface area contributed by atoms with Crippen LogP contribution in [0.1, 0.15) is 0 Å². The molecule has 8 bridgehead atoms. The average molecular weight is 1200 g/mol. The summed E-state index contributed by atoms with van der Waals surface area (Å²) < 4.78 is 107. The number of hydrogen-bond donors (Lipinski definition) is 2. The van der Waals surface area contributed by atoms with Gasteiger partial charge >= 0.3 is 70.7 Å². The van der Waals surface area contributed by atoms with Crippen molar-refractivity contribution in [3.05, 3.63) is 261 Å². The Kier molecular flexibility index (Phi) is 12.5. The number of nitrogen functional groups attached to an aromatic ring is 2. The second-order valence-electron chi connectivity index (χ2n) is 19.6. The van der Waals surface area contributed by atoms with Gasteiger partial charge in [0.05, 0.1) is 0 Å². The molecular weight excluding hydrogens is 1150 g/mol. The van der Waals surface area contributed by atoms with Crippen LogP contribution in [0.15, 0.2) is 261 Å². The first-order chi connectivity index (χ1) is 38.4. The zero-order chi connectivity index (χ0) is 53.4. The van der Waals surface area contributed by atoms with Gasteiger partial charge in [-0.1, -0.05) is 237 Å². The Morgan fingerprint density at radius 1 is 0.253 bits per heavy atom. The summed E-state index contributed by atoms with van der Waals surface area (Å²) >= 11 is 0. The molecular formula is C55H50N2O13Si9. The Bertz CT molecular complexity index is 3310. The fraction of sp³-hybridized carbons (Fsp3) is 0.0182. The van der Waals surface area contributed by atoms with E-state index in [1.165, 1.54) is 0 Å².